The van der Waals surface area contributed by atoms with E-state index in [9.17, 15) is 14.4 Å². The highest BCUT2D eigenvalue weighted by Crippen LogP contribution is 2.14. The van der Waals surface area contributed by atoms with Crippen molar-refractivity contribution in [3.05, 3.63) is 97.2 Å². The average Bonchev–Trinajstić information content (AvgIpc) is 3.27. The molecule has 0 amide bonds. The topological polar surface area (TPSA) is 78.9 Å². The molecule has 0 aliphatic rings. The highest BCUT2D eigenvalue weighted by molar-refractivity contribution is 5.71. The minimum atomic E-state index is -0.816. The summed E-state index contributed by atoms with van der Waals surface area (Å²) in [5.41, 5.74) is 0. The molecular weight excluding hydrogens is 769 g/mol. The number of hydrogen-bond acceptors (Lipinski definition) is 6. The minimum absolute atomic E-state index is 0.117. The smallest absolute Gasteiger partial charge is 0.306 e. The quantitative estimate of drug-likeness (QED) is 0.0200. The van der Waals surface area contributed by atoms with Crippen LogP contribution < -0.4 is 0 Å². The first-order valence-electron chi connectivity index (χ1n) is 25.3. The van der Waals surface area contributed by atoms with Crippen LogP contribution in [0.2, 0.25) is 0 Å². The SMILES string of the molecule is CC\C=C/C=C\C=C/C=C\C=C\C=C/CCCCCC(=O)OCC(COC(=O)CC/C=C\C/C=C\CCCCCCCC)OC(=O)CCCCCCCCCCCCCCCC. The summed E-state index contributed by atoms with van der Waals surface area (Å²) in [6.45, 7) is 6.39. The molecule has 0 fully saturated rings. The van der Waals surface area contributed by atoms with E-state index in [4.69, 9.17) is 14.2 Å². The Bertz CT molecular complexity index is 1260. The Morgan fingerprint density at radius 2 is 0.726 bits per heavy atom. The molecule has 62 heavy (non-hydrogen) atoms. The van der Waals surface area contributed by atoms with Gasteiger partial charge in [0.25, 0.3) is 0 Å². The van der Waals surface area contributed by atoms with Crippen LogP contribution in [0, 0.1) is 0 Å². The Morgan fingerprint density at radius 1 is 0.355 bits per heavy atom. The molecule has 0 aromatic heterocycles. The van der Waals surface area contributed by atoms with Gasteiger partial charge in [0, 0.05) is 19.3 Å². The molecule has 352 valence electrons. The fourth-order valence-corrected chi connectivity index (χ4v) is 6.70. The normalized spacial score (nSPS) is 12.9. The van der Waals surface area contributed by atoms with Crippen molar-refractivity contribution in [2.24, 2.45) is 0 Å². The third-order valence-corrected chi connectivity index (χ3v) is 10.5. The molecule has 0 bridgehead atoms. The lowest BCUT2D eigenvalue weighted by Gasteiger charge is -2.18. The van der Waals surface area contributed by atoms with Crippen LogP contribution in [0.1, 0.15) is 220 Å². The van der Waals surface area contributed by atoms with Crippen LogP contribution in [-0.4, -0.2) is 37.2 Å². The van der Waals surface area contributed by atoms with Crippen molar-refractivity contribution in [1.82, 2.24) is 0 Å². The van der Waals surface area contributed by atoms with E-state index in [0.717, 1.165) is 64.2 Å². The van der Waals surface area contributed by atoms with Gasteiger partial charge < -0.3 is 14.2 Å². The lowest BCUT2D eigenvalue weighted by Crippen LogP contribution is -2.30. The summed E-state index contributed by atoms with van der Waals surface area (Å²) in [5.74, 6) is -1.03. The van der Waals surface area contributed by atoms with Gasteiger partial charge in [-0.15, -0.1) is 0 Å². The summed E-state index contributed by atoms with van der Waals surface area (Å²) >= 11 is 0. The Kier molecular flexibility index (Phi) is 47.0. The second-order valence-corrected chi connectivity index (χ2v) is 16.5. The zero-order valence-corrected chi connectivity index (χ0v) is 40.1. The van der Waals surface area contributed by atoms with E-state index in [2.05, 4.69) is 51.2 Å². The molecule has 0 aromatic rings. The van der Waals surface area contributed by atoms with E-state index < -0.39 is 6.10 Å². The maximum Gasteiger partial charge on any atom is 0.306 e. The van der Waals surface area contributed by atoms with Gasteiger partial charge in [-0.05, 0) is 57.8 Å². The number of rotatable bonds is 44. The van der Waals surface area contributed by atoms with Crippen molar-refractivity contribution >= 4 is 17.9 Å². The van der Waals surface area contributed by atoms with Gasteiger partial charge >= 0.3 is 17.9 Å². The van der Waals surface area contributed by atoms with Gasteiger partial charge in [0.15, 0.2) is 6.10 Å². The summed E-state index contributed by atoms with van der Waals surface area (Å²) in [7, 11) is 0. The number of unbranched alkanes of at least 4 members (excludes halogenated alkanes) is 22. The van der Waals surface area contributed by atoms with Gasteiger partial charge in [0.2, 0.25) is 0 Å². The summed E-state index contributed by atoms with van der Waals surface area (Å²) in [6.07, 6.45) is 65.4. The van der Waals surface area contributed by atoms with E-state index in [0.29, 0.717) is 19.3 Å². The third kappa shape index (κ3) is 47.4. The first kappa shape index (κ1) is 58.3. The van der Waals surface area contributed by atoms with Gasteiger partial charge in [-0.2, -0.15) is 0 Å². The Morgan fingerprint density at radius 3 is 1.23 bits per heavy atom. The van der Waals surface area contributed by atoms with Crippen LogP contribution >= 0.6 is 0 Å². The first-order valence-corrected chi connectivity index (χ1v) is 25.3. The van der Waals surface area contributed by atoms with E-state index in [1.54, 1.807) is 0 Å². The monoisotopic (exact) mass is 861 g/mol. The highest BCUT2D eigenvalue weighted by atomic mass is 16.6. The van der Waals surface area contributed by atoms with Crippen molar-refractivity contribution in [2.75, 3.05) is 13.2 Å². The molecule has 0 rings (SSSR count). The largest absolute Gasteiger partial charge is 0.462 e. The molecule has 1 unspecified atom stereocenters. The fourth-order valence-electron chi connectivity index (χ4n) is 6.70. The van der Waals surface area contributed by atoms with E-state index in [1.165, 1.54) is 109 Å². The summed E-state index contributed by atoms with van der Waals surface area (Å²) in [4.78, 5) is 37.9. The maximum atomic E-state index is 12.8. The van der Waals surface area contributed by atoms with Crippen molar-refractivity contribution in [1.29, 1.82) is 0 Å². The molecule has 0 aromatic carbocycles. The van der Waals surface area contributed by atoms with Crippen molar-refractivity contribution in [2.45, 2.75) is 226 Å². The van der Waals surface area contributed by atoms with Crippen molar-refractivity contribution in [3.63, 3.8) is 0 Å². The standard InChI is InChI=1S/C56H92O6/c1-4-7-10-13-16-19-22-25-27-28-29-32-34-37-40-43-46-49-55(58)61-52-53(51-60-54(57)48-45-42-39-36-33-30-24-21-18-15-12-9-6-3)62-56(59)50-47-44-41-38-35-31-26-23-20-17-14-11-8-5-2/h7,10,13,16,19,22,25,27-30,32-34,39,42,53H,4-6,8-9,11-12,14-15,17-18,20-21,23-24,26,31,35-38,40-41,43-52H2,1-3H3/b10-7-,16-13-,22-19-,27-25-,29-28+,33-30-,34-32-,42-39-. The highest BCUT2D eigenvalue weighted by Gasteiger charge is 2.19. The van der Waals surface area contributed by atoms with E-state index >= 15 is 0 Å². The molecule has 1 atom stereocenters. The number of esters is 3. The molecule has 0 spiro atoms. The Hall–Kier alpha value is -3.67. The average molecular weight is 861 g/mol. The molecular formula is C56H92O6. The minimum Gasteiger partial charge on any atom is -0.462 e. The van der Waals surface area contributed by atoms with Crippen molar-refractivity contribution < 1.29 is 28.6 Å². The summed E-state index contributed by atoms with van der Waals surface area (Å²) in [5, 5.41) is 0. The van der Waals surface area contributed by atoms with Crippen LogP contribution in [0.25, 0.3) is 0 Å². The number of ether oxygens (including phenoxy) is 3. The second-order valence-electron chi connectivity index (χ2n) is 16.5. The number of carbonyl (C=O) groups is 3. The van der Waals surface area contributed by atoms with Crippen LogP contribution in [0.5, 0.6) is 0 Å². The number of carbonyl (C=O) groups excluding carboxylic acids is 3. The summed E-state index contributed by atoms with van der Waals surface area (Å²) in [6, 6.07) is 0. The molecule has 6 nitrogen and oxygen atoms in total. The van der Waals surface area contributed by atoms with E-state index in [1.807, 2.05) is 66.8 Å². The first-order chi connectivity index (χ1) is 30.5. The van der Waals surface area contributed by atoms with Crippen LogP contribution in [0.15, 0.2) is 97.2 Å². The third-order valence-electron chi connectivity index (χ3n) is 10.5. The Labute approximate surface area is 381 Å². The Balaban J connectivity index is 4.54. The molecule has 0 aliphatic carbocycles. The second kappa shape index (κ2) is 50.0. The zero-order valence-electron chi connectivity index (χ0n) is 40.1. The molecule has 0 heterocycles. The van der Waals surface area contributed by atoms with Crippen molar-refractivity contribution in [3.8, 4) is 0 Å². The molecule has 0 saturated carbocycles. The molecule has 0 aliphatic heterocycles. The van der Waals surface area contributed by atoms with Gasteiger partial charge in [0.1, 0.15) is 13.2 Å². The molecule has 0 N–H and O–H groups in total. The fraction of sp³-hybridized carbons (Fsp3) is 0.661. The maximum absolute atomic E-state index is 12.8. The van der Waals surface area contributed by atoms with Gasteiger partial charge in [-0.25, -0.2) is 0 Å². The predicted molar refractivity (Wildman–Crippen MR) is 265 cm³/mol. The lowest BCUT2D eigenvalue weighted by molar-refractivity contribution is -0.166. The molecule has 0 saturated heterocycles. The summed E-state index contributed by atoms with van der Waals surface area (Å²) < 4.78 is 16.7. The van der Waals surface area contributed by atoms with Gasteiger partial charge in [-0.3, -0.25) is 14.4 Å². The zero-order chi connectivity index (χ0) is 45.1. The molecule has 6 heteroatoms. The lowest BCUT2D eigenvalue weighted by atomic mass is 10.0. The van der Waals surface area contributed by atoms with Crippen LogP contribution in [-0.2, 0) is 28.6 Å². The molecule has 0 radical (unpaired) electrons. The van der Waals surface area contributed by atoms with Crippen LogP contribution in [0.3, 0.4) is 0 Å². The van der Waals surface area contributed by atoms with Gasteiger partial charge in [-0.1, -0.05) is 240 Å². The number of hydrogen-bond donors (Lipinski definition) is 0. The van der Waals surface area contributed by atoms with Crippen LogP contribution in [0.4, 0.5) is 0 Å². The number of allylic oxidation sites excluding steroid dienone is 16. The van der Waals surface area contributed by atoms with Gasteiger partial charge in [0.05, 0.1) is 0 Å². The van der Waals surface area contributed by atoms with E-state index in [-0.39, 0.29) is 37.5 Å². The predicted octanol–water partition coefficient (Wildman–Crippen LogP) is 16.6.